The fourth-order valence-corrected chi connectivity index (χ4v) is 6.29. The molecule has 0 spiro atoms. The number of nitrogens with two attached hydrogens (primary N) is 1. The zero-order valence-corrected chi connectivity index (χ0v) is 22.1. The zero-order valence-electron chi connectivity index (χ0n) is 21.3. The minimum atomic E-state index is -4.27. The van der Waals surface area contributed by atoms with Crippen molar-refractivity contribution in [2.24, 2.45) is 5.73 Å². The second-order valence-electron chi connectivity index (χ2n) is 9.17. The van der Waals surface area contributed by atoms with Crippen LogP contribution < -0.4 is 10.5 Å². The van der Waals surface area contributed by atoms with Crippen LogP contribution >= 0.6 is 0 Å². The zero-order chi connectivity index (χ0) is 27.6. The van der Waals surface area contributed by atoms with Gasteiger partial charge >= 0.3 is 5.97 Å². The van der Waals surface area contributed by atoms with Gasteiger partial charge in [-0.15, -0.1) is 0 Å². The molecule has 5 rings (SSSR count). The highest BCUT2D eigenvalue weighted by Crippen LogP contribution is 2.41. The molecule has 198 valence electrons. The Kier molecular flexibility index (Phi) is 7.24. The van der Waals surface area contributed by atoms with Gasteiger partial charge in [0.1, 0.15) is 12.4 Å². The van der Waals surface area contributed by atoms with Crippen LogP contribution in [0.25, 0.3) is 22.0 Å². The summed E-state index contributed by atoms with van der Waals surface area (Å²) in [6.45, 7) is 2.24. The van der Waals surface area contributed by atoms with Crippen LogP contribution in [-0.4, -0.2) is 23.5 Å². The average molecular weight is 541 g/mol. The van der Waals surface area contributed by atoms with Gasteiger partial charge in [0.15, 0.2) is 5.69 Å². The quantitative estimate of drug-likeness (QED) is 0.229. The van der Waals surface area contributed by atoms with Crippen molar-refractivity contribution in [1.82, 2.24) is 3.97 Å². The third-order valence-corrected chi connectivity index (χ3v) is 8.43. The Morgan fingerprint density at radius 3 is 2.23 bits per heavy atom. The summed E-state index contributed by atoms with van der Waals surface area (Å²) in [5.74, 6) is -0.886. The Labute approximate surface area is 227 Å². The molecule has 0 radical (unpaired) electrons. The molecule has 1 aromatic heterocycles. The molecule has 5 aromatic rings. The molecule has 0 aliphatic carbocycles. The Bertz CT molecular complexity index is 1750. The molecule has 39 heavy (non-hydrogen) atoms. The van der Waals surface area contributed by atoms with Crippen molar-refractivity contribution in [2.75, 3.05) is 0 Å². The van der Waals surface area contributed by atoms with Crippen LogP contribution in [0.3, 0.4) is 0 Å². The summed E-state index contributed by atoms with van der Waals surface area (Å²) in [4.78, 5) is 12.8. The van der Waals surface area contributed by atoms with E-state index in [-0.39, 0.29) is 27.7 Å². The molecule has 4 aromatic carbocycles. The number of carboxylic acids is 1. The lowest BCUT2D eigenvalue weighted by Gasteiger charge is -2.16. The second-order valence-corrected chi connectivity index (χ2v) is 11.0. The largest absolute Gasteiger partial charge is 0.489 e. The van der Waals surface area contributed by atoms with E-state index in [1.54, 1.807) is 48.5 Å². The first-order chi connectivity index (χ1) is 18.8. The maximum atomic E-state index is 13.9. The number of aromatic carboxylic acids is 1. The minimum Gasteiger partial charge on any atom is -0.489 e. The number of carbonyl (C=O) groups is 1. The lowest BCUT2D eigenvalue weighted by molar-refractivity contribution is 0.0690. The van der Waals surface area contributed by atoms with Crippen LogP contribution in [0.5, 0.6) is 5.75 Å². The molecule has 0 fully saturated rings. The summed E-state index contributed by atoms with van der Waals surface area (Å²) in [6, 6.07) is 29.3. The molecule has 1 atom stereocenters. The fraction of sp³-hybridized carbons (Fsp3) is 0.129. The van der Waals surface area contributed by atoms with Gasteiger partial charge in [-0.25, -0.2) is 17.2 Å². The highest BCUT2D eigenvalue weighted by Gasteiger charge is 2.32. The summed E-state index contributed by atoms with van der Waals surface area (Å²) in [5.41, 5.74) is 8.85. The van der Waals surface area contributed by atoms with Gasteiger partial charge in [-0.2, -0.15) is 0 Å². The van der Waals surface area contributed by atoms with Crippen molar-refractivity contribution in [1.29, 1.82) is 0 Å². The predicted molar refractivity (Wildman–Crippen MR) is 151 cm³/mol. The first kappa shape index (κ1) is 26.2. The fourth-order valence-electron chi connectivity index (χ4n) is 4.75. The minimum absolute atomic E-state index is 0.0149. The molecule has 1 heterocycles. The van der Waals surface area contributed by atoms with Crippen LogP contribution in [0.4, 0.5) is 0 Å². The van der Waals surface area contributed by atoms with Crippen molar-refractivity contribution in [3.8, 4) is 16.9 Å². The Morgan fingerprint density at radius 1 is 0.923 bits per heavy atom. The van der Waals surface area contributed by atoms with E-state index in [1.807, 2.05) is 49.4 Å². The van der Waals surface area contributed by atoms with E-state index in [0.717, 1.165) is 15.1 Å². The molecular weight excluding hydrogens is 512 g/mol. The number of hydrogen-bond donors (Lipinski definition) is 2. The number of carboxylic acid groups (broad SMARTS) is 1. The average Bonchev–Trinajstić information content (AvgIpc) is 3.32. The van der Waals surface area contributed by atoms with Crippen molar-refractivity contribution in [3.05, 3.63) is 120 Å². The molecule has 0 saturated carbocycles. The van der Waals surface area contributed by atoms with Gasteiger partial charge in [0.2, 0.25) is 0 Å². The van der Waals surface area contributed by atoms with Crippen molar-refractivity contribution < 1.29 is 23.1 Å². The number of nitrogens with zero attached hydrogens (tertiary/aromatic N) is 1. The summed E-state index contributed by atoms with van der Waals surface area (Å²) in [7, 11) is -4.27. The highest BCUT2D eigenvalue weighted by molar-refractivity contribution is 7.90. The van der Waals surface area contributed by atoms with E-state index in [2.05, 4.69) is 0 Å². The van der Waals surface area contributed by atoms with E-state index >= 15 is 0 Å². The maximum Gasteiger partial charge on any atom is 0.354 e. The van der Waals surface area contributed by atoms with E-state index < -0.39 is 16.0 Å². The molecule has 7 nitrogen and oxygen atoms in total. The third-order valence-electron chi connectivity index (χ3n) is 6.70. The number of aromatic nitrogens is 1. The molecule has 0 bridgehead atoms. The summed E-state index contributed by atoms with van der Waals surface area (Å²) < 4.78 is 34.8. The van der Waals surface area contributed by atoms with Crippen molar-refractivity contribution in [3.63, 3.8) is 0 Å². The number of ether oxygens (including phenoxy) is 1. The van der Waals surface area contributed by atoms with Crippen LogP contribution in [0.15, 0.2) is 108 Å². The second kappa shape index (κ2) is 10.8. The summed E-state index contributed by atoms with van der Waals surface area (Å²) in [6.07, 6.45) is 0.617. The predicted octanol–water partition coefficient (Wildman–Crippen LogP) is 6.23. The van der Waals surface area contributed by atoms with E-state index in [4.69, 9.17) is 10.5 Å². The van der Waals surface area contributed by atoms with Crippen LogP contribution in [-0.2, 0) is 16.6 Å². The first-order valence-electron chi connectivity index (χ1n) is 12.6. The lowest BCUT2D eigenvalue weighted by atomic mass is 9.92. The van der Waals surface area contributed by atoms with Gasteiger partial charge in [-0.1, -0.05) is 79.7 Å². The van der Waals surface area contributed by atoms with Crippen LogP contribution in [0, 0.1) is 0 Å². The van der Waals surface area contributed by atoms with Gasteiger partial charge in [-0.05, 0) is 53.4 Å². The number of rotatable bonds is 9. The number of benzene rings is 4. The van der Waals surface area contributed by atoms with Crippen LogP contribution in [0.2, 0.25) is 0 Å². The van der Waals surface area contributed by atoms with E-state index in [0.29, 0.717) is 29.7 Å². The third kappa shape index (κ3) is 4.92. The Hall–Kier alpha value is -4.40. The Balaban J connectivity index is 1.81. The molecule has 0 unspecified atom stereocenters. The molecule has 0 saturated heterocycles. The van der Waals surface area contributed by atoms with Gasteiger partial charge in [0, 0.05) is 17.0 Å². The molecule has 8 heteroatoms. The van der Waals surface area contributed by atoms with E-state index in [9.17, 15) is 18.3 Å². The van der Waals surface area contributed by atoms with Gasteiger partial charge < -0.3 is 15.6 Å². The number of fused-ring (bicyclic) bond motifs is 1. The smallest absolute Gasteiger partial charge is 0.354 e. The monoisotopic (exact) mass is 540 g/mol. The lowest BCUT2D eigenvalue weighted by Crippen LogP contribution is -2.19. The molecule has 3 N–H and O–H groups in total. The Morgan fingerprint density at radius 2 is 1.56 bits per heavy atom. The topological polar surface area (TPSA) is 112 Å². The maximum absolute atomic E-state index is 13.9. The molecule has 0 amide bonds. The number of hydrogen-bond acceptors (Lipinski definition) is 5. The van der Waals surface area contributed by atoms with Crippen molar-refractivity contribution >= 4 is 26.9 Å². The standard InChI is InChI=1S/C31H28N2O5S/c1-2-27(32)24-15-9-10-16-25(24)29-26-19-22(38-20-21-11-5-3-6-12-21)17-18-28(26)33(30(29)31(34)35)39(36,37)23-13-7-4-8-14-23/h3-19,27H,2,20,32H2,1H3,(H,34,35)/t27-/m1/s1. The first-order valence-corrected chi connectivity index (χ1v) is 14.0. The summed E-state index contributed by atoms with van der Waals surface area (Å²) >= 11 is 0. The SMILES string of the molecule is CC[C@@H](N)c1ccccc1-c1c(C(=O)O)n(S(=O)(=O)c2ccccc2)c2ccc(OCc3ccccc3)cc12. The summed E-state index contributed by atoms with van der Waals surface area (Å²) in [5, 5.41) is 10.9. The normalized spacial score (nSPS) is 12.4. The van der Waals surface area contributed by atoms with Crippen LogP contribution in [0.1, 0.15) is 41.0 Å². The molecule has 0 aliphatic heterocycles. The van der Waals surface area contributed by atoms with Gasteiger partial charge in [-0.3, -0.25) is 0 Å². The highest BCUT2D eigenvalue weighted by atomic mass is 32.2. The molecule has 0 aliphatic rings. The van der Waals surface area contributed by atoms with Gasteiger partial charge in [0.25, 0.3) is 10.0 Å². The van der Waals surface area contributed by atoms with E-state index in [1.165, 1.54) is 12.1 Å². The van der Waals surface area contributed by atoms with Crippen molar-refractivity contribution in [2.45, 2.75) is 30.9 Å². The van der Waals surface area contributed by atoms with Gasteiger partial charge in [0.05, 0.1) is 10.4 Å². The molecular formula is C31H28N2O5S.